The van der Waals surface area contributed by atoms with Crippen LogP contribution in [0.15, 0.2) is 41.9 Å². The molecule has 1 aromatic carbocycles. The Hall–Kier alpha value is -0.890. The van der Waals surface area contributed by atoms with Crippen LogP contribution in [0.2, 0.25) is 0 Å². The third kappa shape index (κ3) is 7.93. The summed E-state index contributed by atoms with van der Waals surface area (Å²) in [6.45, 7) is 5.42. The number of hydrogen-bond acceptors (Lipinski definition) is 3. The fourth-order valence-electron chi connectivity index (χ4n) is 1.87. The highest BCUT2D eigenvalue weighted by atomic mass is 127. The molecule has 0 heterocycles. The standard InChI is InChI=1S/C16H25N3OS.HI/c1-5-11-21-12-10-18-16(17-2)19(3)13-14-6-8-15(20-4)9-7-14;/h5-9H,1,10-13H2,2-4H3,(H,17,18);1H. The molecule has 0 spiro atoms. The normalized spacial score (nSPS) is 10.6. The van der Waals surface area contributed by atoms with E-state index in [4.69, 9.17) is 4.74 Å². The van der Waals surface area contributed by atoms with Gasteiger partial charge in [0.2, 0.25) is 0 Å². The van der Waals surface area contributed by atoms with Crippen LogP contribution in [0.1, 0.15) is 5.56 Å². The zero-order chi connectivity index (χ0) is 15.5. The second kappa shape index (κ2) is 12.6. The number of benzene rings is 1. The van der Waals surface area contributed by atoms with Crippen molar-refractivity contribution in [3.63, 3.8) is 0 Å². The van der Waals surface area contributed by atoms with E-state index in [1.54, 1.807) is 7.11 Å². The molecule has 0 saturated carbocycles. The van der Waals surface area contributed by atoms with Gasteiger partial charge in [-0.2, -0.15) is 11.8 Å². The number of methoxy groups -OCH3 is 1. The predicted molar refractivity (Wildman–Crippen MR) is 109 cm³/mol. The molecule has 1 N–H and O–H groups in total. The van der Waals surface area contributed by atoms with Gasteiger partial charge >= 0.3 is 0 Å². The second-order valence-corrected chi connectivity index (χ2v) is 5.69. The van der Waals surface area contributed by atoms with E-state index < -0.39 is 0 Å². The van der Waals surface area contributed by atoms with Crippen molar-refractivity contribution < 1.29 is 4.74 Å². The van der Waals surface area contributed by atoms with Crippen molar-refractivity contribution in [1.29, 1.82) is 0 Å². The molecule has 0 fully saturated rings. The molecular formula is C16H26IN3OS. The van der Waals surface area contributed by atoms with Crippen molar-refractivity contribution in [1.82, 2.24) is 10.2 Å². The molecule has 124 valence electrons. The van der Waals surface area contributed by atoms with Gasteiger partial charge in [-0.1, -0.05) is 18.2 Å². The van der Waals surface area contributed by atoms with E-state index in [9.17, 15) is 0 Å². The van der Waals surface area contributed by atoms with E-state index in [0.717, 1.165) is 36.3 Å². The fraction of sp³-hybridized carbons (Fsp3) is 0.438. The molecule has 0 bridgehead atoms. The molecule has 0 unspecified atom stereocenters. The number of rotatable bonds is 8. The lowest BCUT2D eigenvalue weighted by Gasteiger charge is -2.22. The average Bonchev–Trinajstić information content (AvgIpc) is 2.51. The van der Waals surface area contributed by atoms with Gasteiger partial charge in [0.1, 0.15) is 5.75 Å². The van der Waals surface area contributed by atoms with Gasteiger partial charge in [-0.05, 0) is 17.7 Å². The number of nitrogens with one attached hydrogen (secondary N) is 1. The van der Waals surface area contributed by atoms with Crippen molar-refractivity contribution in [3.8, 4) is 5.75 Å². The summed E-state index contributed by atoms with van der Waals surface area (Å²) in [6.07, 6.45) is 1.93. The first-order valence-corrected chi connectivity index (χ1v) is 8.10. The van der Waals surface area contributed by atoms with Gasteiger partial charge in [0, 0.05) is 38.7 Å². The van der Waals surface area contributed by atoms with E-state index in [0.29, 0.717) is 0 Å². The minimum absolute atomic E-state index is 0. The molecular weight excluding hydrogens is 409 g/mol. The predicted octanol–water partition coefficient (Wildman–Crippen LogP) is 3.24. The molecule has 0 aliphatic heterocycles. The SMILES string of the molecule is C=CCSCCNC(=NC)N(C)Cc1ccc(OC)cc1.I. The maximum absolute atomic E-state index is 5.17. The number of thioether (sulfide) groups is 1. The second-order valence-electron chi connectivity index (χ2n) is 4.54. The molecule has 22 heavy (non-hydrogen) atoms. The highest BCUT2D eigenvalue weighted by Gasteiger charge is 2.06. The van der Waals surface area contributed by atoms with E-state index >= 15 is 0 Å². The number of hydrogen-bond donors (Lipinski definition) is 1. The van der Waals surface area contributed by atoms with Crippen LogP contribution in [0.4, 0.5) is 0 Å². The van der Waals surface area contributed by atoms with Gasteiger partial charge in [0.25, 0.3) is 0 Å². The molecule has 6 heteroatoms. The lowest BCUT2D eigenvalue weighted by atomic mass is 10.2. The van der Waals surface area contributed by atoms with Gasteiger partial charge in [-0.3, -0.25) is 4.99 Å². The van der Waals surface area contributed by atoms with Crippen molar-refractivity contribution in [2.45, 2.75) is 6.54 Å². The number of ether oxygens (including phenoxy) is 1. The van der Waals surface area contributed by atoms with Crippen LogP contribution < -0.4 is 10.1 Å². The van der Waals surface area contributed by atoms with Gasteiger partial charge in [-0.25, -0.2) is 0 Å². The van der Waals surface area contributed by atoms with Gasteiger partial charge < -0.3 is 15.0 Å². The lowest BCUT2D eigenvalue weighted by Crippen LogP contribution is -2.39. The van der Waals surface area contributed by atoms with Crippen LogP contribution in [0, 0.1) is 0 Å². The molecule has 0 saturated heterocycles. The van der Waals surface area contributed by atoms with E-state index in [1.165, 1.54) is 5.56 Å². The molecule has 0 atom stereocenters. The fourth-order valence-corrected chi connectivity index (χ4v) is 2.45. The molecule has 1 rings (SSSR count). The van der Waals surface area contributed by atoms with Crippen LogP contribution in [-0.2, 0) is 6.54 Å². The van der Waals surface area contributed by atoms with Gasteiger partial charge in [0.05, 0.1) is 7.11 Å². The monoisotopic (exact) mass is 435 g/mol. The average molecular weight is 435 g/mol. The Morgan fingerprint density at radius 3 is 2.64 bits per heavy atom. The summed E-state index contributed by atoms with van der Waals surface area (Å²) in [5.74, 6) is 3.82. The minimum atomic E-state index is 0. The summed E-state index contributed by atoms with van der Waals surface area (Å²) < 4.78 is 5.17. The zero-order valence-corrected chi connectivity index (χ0v) is 16.7. The lowest BCUT2D eigenvalue weighted by molar-refractivity contribution is 0.414. The summed E-state index contributed by atoms with van der Waals surface area (Å²) >= 11 is 1.86. The summed E-state index contributed by atoms with van der Waals surface area (Å²) in [7, 11) is 5.53. The molecule has 1 aromatic rings. The molecule has 0 amide bonds. The van der Waals surface area contributed by atoms with Crippen LogP contribution in [0.3, 0.4) is 0 Å². The van der Waals surface area contributed by atoms with Crippen LogP contribution in [-0.4, -0.2) is 50.1 Å². The van der Waals surface area contributed by atoms with Crippen LogP contribution in [0.25, 0.3) is 0 Å². The van der Waals surface area contributed by atoms with Gasteiger partial charge in [0.15, 0.2) is 5.96 Å². The van der Waals surface area contributed by atoms with Crippen LogP contribution >= 0.6 is 35.7 Å². The number of aliphatic imine (C=N–C) groups is 1. The number of guanidine groups is 1. The smallest absolute Gasteiger partial charge is 0.193 e. The Labute approximate surface area is 155 Å². The summed E-state index contributed by atoms with van der Waals surface area (Å²) in [5.41, 5.74) is 1.22. The maximum atomic E-state index is 5.17. The highest BCUT2D eigenvalue weighted by molar-refractivity contribution is 14.0. The van der Waals surface area contributed by atoms with Crippen molar-refractivity contribution >= 4 is 41.7 Å². The molecule has 0 aromatic heterocycles. The topological polar surface area (TPSA) is 36.9 Å². The molecule has 4 nitrogen and oxygen atoms in total. The van der Waals surface area contributed by atoms with Crippen molar-refractivity contribution in [2.24, 2.45) is 4.99 Å². The minimum Gasteiger partial charge on any atom is -0.497 e. The molecule has 0 aliphatic rings. The van der Waals surface area contributed by atoms with E-state index in [1.807, 2.05) is 44.1 Å². The first kappa shape index (κ1) is 21.1. The summed E-state index contributed by atoms with van der Waals surface area (Å²) in [5, 5.41) is 3.37. The Bertz CT molecular complexity index is 451. The molecule has 0 aliphatic carbocycles. The van der Waals surface area contributed by atoms with Gasteiger partial charge in [-0.15, -0.1) is 30.6 Å². The third-order valence-electron chi connectivity index (χ3n) is 2.92. The zero-order valence-electron chi connectivity index (χ0n) is 13.5. The van der Waals surface area contributed by atoms with Crippen LogP contribution in [0.5, 0.6) is 5.75 Å². The Morgan fingerprint density at radius 1 is 1.41 bits per heavy atom. The quantitative estimate of drug-likeness (QED) is 0.224. The first-order chi connectivity index (χ1) is 10.2. The molecule has 0 radical (unpaired) electrons. The third-order valence-corrected chi connectivity index (χ3v) is 3.88. The highest BCUT2D eigenvalue weighted by Crippen LogP contribution is 2.12. The Kier molecular flexibility index (Phi) is 12.1. The maximum Gasteiger partial charge on any atom is 0.193 e. The van der Waals surface area contributed by atoms with E-state index in [2.05, 4.69) is 33.9 Å². The van der Waals surface area contributed by atoms with Crippen molar-refractivity contribution in [2.75, 3.05) is 39.3 Å². The summed E-state index contributed by atoms with van der Waals surface area (Å²) in [4.78, 5) is 6.42. The van der Waals surface area contributed by atoms with Crippen molar-refractivity contribution in [3.05, 3.63) is 42.5 Å². The Balaban J connectivity index is 0.00000441. The first-order valence-electron chi connectivity index (χ1n) is 6.94. The summed E-state index contributed by atoms with van der Waals surface area (Å²) in [6, 6.07) is 8.10. The Morgan fingerprint density at radius 2 is 2.09 bits per heavy atom. The van der Waals surface area contributed by atoms with E-state index in [-0.39, 0.29) is 24.0 Å². The number of nitrogens with zero attached hydrogens (tertiary/aromatic N) is 2. The number of halogens is 1. The largest absolute Gasteiger partial charge is 0.497 e.